The molecular weight excluding hydrogens is 486 g/mol. The number of aliphatic hydroxyl groups is 1. The first-order valence-corrected chi connectivity index (χ1v) is 10.9. The van der Waals surface area contributed by atoms with E-state index in [1.807, 2.05) is 13.0 Å². The molecule has 31 heavy (non-hydrogen) atoms. The Morgan fingerprint density at radius 2 is 1.97 bits per heavy atom. The van der Waals surface area contributed by atoms with Crippen LogP contribution in [-0.2, 0) is 4.79 Å². The summed E-state index contributed by atoms with van der Waals surface area (Å²) in [5.74, 6) is -1.89. The Bertz CT molecular complexity index is 1230. The summed E-state index contributed by atoms with van der Waals surface area (Å²) < 4.78 is 6.55. The Kier molecular flexibility index (Phi) is 5.81. The van der Waals surface area contributed by atoms with Gasteiger partial charge in [-0.2, -0.15) is 0 Å². The van der Waals surface area contributed by atoms with Crippen LogP contribution in [0.15, 0.2) is 62.7 Å². The molecule has 2 aromatic carbocycles. The molecule has 1 atom stereocenters. The molecule has 0 spiro atoms. The number of hydrogen-bond donors (Lipinski definition) is 2. The van der Waals surface area contributed by atoms with E-state index in [0.717, 1.165) is 10.9 Å². The second kappa shape index (κ2) is 8.40. The Morgan fingerprint density at radius 3 is 2.68 bits per heavy atom. The highest BCUT2D eigenvalue weighted by Crippen LogP contribution is 2.41. The van der Waals surface area contributed by atoms with Crippen molar-refractivity contribution in [2.24, 2.45) is 0 Å². The molecule has 0 saturated carbocycles. The normalized spacial score (nSPS) is 16.5. The zero-order valence-corrected chi connectivity index (χ0v) is 18.9. The molecule has 2 heterocycles. The van der Waals surface area contributed by atoms with Gasteiger partial charge in [-0.3, -0.25) is 9.59 Å². The van der Waals surface area contributed by atoms with Crippen molar-refractivity contribution in [1.29, 1.82) is 0 Å². The lowest BCUT2D eigenvalue weighted by Crippen LogP contribution is -2.32. The predicted molar refractivity (Wildman–Crippen MR) is 120 cm³/mol. The monoisotopic (exact) mass is 503 g/mol. The maximum absolute atomic E-state index is 13.4. The Labute approximate surface area is 191 Å². The number of Topliss-reactive ketones (excluding diaryl/α,β-unsaturated/α-hetero) is 1. The SMILES string of the molecule is CCCCN1C(=O)C(O)=C(C(=O)c2cc3cc(Br)ccc3o2)C1c1ccc(O)c(Cl)c1. The van der Waals surface area contributed by atoms with Crippen LogP contribution in [0.2, 0.25) is 5.02 Å². The number of nitrogens with zero attached hydrogens (tertiary/aromatic N) is 1. The number of hydrogen-bond acceptors (Lipinski definition) is 5. The van der Waals surface area contributed by atoms with Crippen LogP contribution in [0.25, 0.3) is 11.0 Å². The van der Waals surface area contributed by atoms with Crippen LogP contribution >= 0.6 is 27.5 Å². The highest BCUT2D eigenvalue weighted by Gasteiger charge is 2.44. The zero-order valence-electron chi connectivity index (χ0n) is 16.6. The molecule has 0 radical (unpaired) electrons. The van der Waals surface area contributed by atoms with Gasteiger partial charge in [0.05, 0.1) is 16.6 Å². The molecule has 1 unspecified atom stereocenters. The fourth-order valence-electron chi connectivity index (χ4n) is 3.74. The zero-order chi connectivity index (χ0) is 22.3. The first-order valence-electron chi connectivity index (χ1n) is 9.78. The molecule has 6 nitrogen and oxygen atoms in total. The van der Waals surface area contributed by atoms with Crippen molar-refractivity contribution in [3.63, 3.8) is 0 Å². The van der Waals surface area contributed by atoms with Gasteiger partial charge in [0, 0.05) is 16.4 Å². The van der Waals surface area contributed by atoms with Crippen LogP contribution in [0, 0.1) is 0 Å². The van der Waals surface area contributed by atoms with E-state index in [9.17, 15) is 19.8 Å². The molecular formula is C23H19BrClNO5. The van der Waals surface area contributed by atoms with Gasteiger partial charge < -0.3 is 19.5 Å². The number of fused-ring (bicyclic) bond motifs is 1. The number of aromatic hydroxyl groups is 1. The van der Waals surface area contributed by atoms with E-state index in [4.69, 9.17) is 16.0 Å². The standard InChI is InChI=1S/C23H19BrClNO5/c1-2-3-8-26-20(12-4-6-16(27)15(25)10-12)19(22(29)23(26)30)21(28)18-11-13-9-14(24)5-7-17(13)31-18/h4-7,9-11,20,27,29H,2-3,8H2,1H3. The number of unbranched alkanes of at least 4 members (excludes halogenated alkanes) is 1. The average molecular weight is 505 g/mol. The highest BCUT2D eigenvalue weighted by atomic mass is 79.9. The predicted octanol–water partition coefficient (Wildman–Crippen LogP) is 5.93. The first kappa shape index (κ1) is 21.5. The molecule has 0 aliphatic carbocycles. The summed E-state index contributed by atoms with van der Waals surface area (Å²) in [6.07, 6.45) is 1.52. The quantitative estimate of drug-likeness (QED) is 0.406. The van der Waals surface area contributed by atoms with E-state index in [1.165, 1.54) is 17.0 Å². The van der Waals surface area contributed by atoms with Gasteiger partial charge in [0.2, 0.25) is 5.78 Å². The molecule has 2 N–H and O–H groups in total. The maximum Gasteiger partial charge on any atom is 0.290 e. The van der Waals surface area contributed by atoms with Crippen molar-refractivity contribution < 1.29 is 24.2 Å². The summed E-state index contributed by atoms with van der Waals surface area (Å²) in [5.41, 5.74) is 0.961. The van der Waals surface area contributed by atoms with Crippen molar-refractivity contribution in [3.8, 4) is 5.75 Å². The minimum atomic E-state index is -0.843. The molecule has 160 valence electrons. The third-order valence-electron chi connectivity index (χ3n) is 5.29. The maximum atomic E-state index is 13.4. The van der Waals surface area contributed by atoms with Crippen LogP contribution in [0.3, 0.4) is 0 Å². The number of carbonyl (C=O) groups is 2. The number of benzene rings is 2. The molecule has 4 rings (SSSR count). The number of halogens is 2. The van der Waals surface area contributed by atoms with Crippen LogP contribution in [0.1, 0.15) is 41.9 Å². The van der Waals surface area contributed by atoms with Gasteiger partial charge in [0.1, 0.15) is 11.3 Å². The average Bonchev–Trinajstić information content (AvgIpc) is 3.27. The summed E-state index contributed by atoms with van der Waals surface area (Å²) in [5, 5.41) is 21.3. The second-order valence-corrected chi connectivity index (χ2v) is 8.67. The van der Waals surface area contributed by atoms with Crippen LogP contribution in [0.5, 0.6) is 5.75 Å². The first-order chi connectivity index (χ1) is 14.8. The lowest BCUT2D eigenvalue weighted by atomic mass is 9.94. The van der Waals surface area contributed by atoms with Crippen molar-refractivity contribution in [2.45, 2.75) is 25.8 Å². The van der Waals surface area contributed by atoms with E-state index in [2.05, 4.69) is 15.9 Å². The molecule has 1 aliphatic heterocycles. The molecule has 0 bridgehead atoms. The second-order valence-electron chi connectivity index (χ2n) is 7.35. The largest absolute Gasteiger partial charge is 0.506 e. The van der Waals surface area contributed by atoms with Gasteiger partial charge in [-0.05, 0) is 48.4 Å². The highest BCUT2D eigenvalue weighted by molar-refractivity contribution is 9.10. The van der Waals surface area contributed by atoms with Gasteiger partial charge in [0.25, 0.3) is 5.91 Å². The van der Waals surface area contributed by atoms with E-state index >= 15 is 0 Å². The van der Waals surface area contributed by atoms with Crippen LogP contribution in [-0.4, -0.2) is 33.3 Å². The third-order valence-corrected chi connectivity index (χ3v) is 6.09. The molecule has 3 aromatic rings. The number of aliphatic hydroxyl groups excluding tert-OH is 1. The number of carbonyl (C=O) groups excluding carboxylic acids is 2. The van der Waals surface area contributed by atoms with E-state index < -0.39 is 23.5 Å². The number of ketones is 1. The van der Waals surface area contributed by atoms with Crippen molar-refractivity contribution in [2.75, 3.05) is 6.54 Å². The Hall–Kier alpha value is -2.77. The van der Waals surface area contributed by atoms with Crippen molar-refractivity contribution in [1.82, 2.24) is 4.90 Å². The van der Waals surface area contributed by atoms with E-state index in [-0.39, 0.29) is 22.1 Å². The minimum Gasteiger partial charge on any atom is -0.506 e. The minimum absolute atomic E-state index is 0.0228. The molecule has 1 aromatic heterocycles. The fraction of sp³-hybridized carbons (Fsp3) is 0.217. The van der Waals surface area contributed by atoms with Gasteiger partial charge >= 0.3 is 0 Å². The third kappa shape index (κ3) is 3.83. The fourth-order valence-corrected chi connectivity index (χ4v) is 4.31. The van der Waals surface area contributed by atoms with Gasteiger partial charge in [-0.15, -0.1) is 0 Å². The topological polar surface area (TPSA) is 91.0 Å². The van der Waals surface area contributed by atoms with Crippen LogP contribution in [0.4, 0.5) is 0 Å². The smallest absolute Gasteiger partial charge is 0.290 e. The molecule has 1 aliphatic rings. The molecule has 0 saturated heterocycles. The number of phenols is 1. The summed E-state index contributed by atoms with van der Waals surface area (Å²) in [6.45, 7) is 2.34. The van der Waals surface area contributed by atoms with Gasteiger partial charge in [-0.25, -0.2) is 0 Å². The van der Waals surface area contributed by atoms with Gasteiger partial charge in [0.15, 0.2) is 11.5 Å². The van der Waals surface area contributed by atoms with E-state index in [1.54, 1.807) is 24.3 Å². The van der Waals surface area contributed by atoms with Crippen molar-refractivity contribution >= 4 is 50.2 Å². The molecule has 1 amide bonds. The van der Waals surface area contributed by atoms with Crippen LogP contribution < -0.4 is 0 Å². The Morgan fingerprint density at radius 1 is 1.19 bits per heavy atom. The Balaban J connectivity index is 1.82. The van der Waals surface area contributed by atoms with Crippen molar-refractivity contribution in [3.05, 3.63) is 74.6 Å². The molecule has 8 heteroatoms. The molecule has 0 fully saturated rings. The number of furan rings is 1. The lowest BCUT2D eigenvalue weighted by Gasteiger charge is -2.26. The number of amides is 1. The van der Waals surface area contributed by atoms with Gasteiger partial charge in [-0.1, -0.05) is 46.9 Å². The van der Waals surface area contributed by atoms with E-state index in [0.29, 0.717) is 29.5 Å². The summed E-state index contributed by atoms with van der Waals surface area (Å²) in [7, 11) is 0. The lowest BCUT2D eigenvalue weighted by molar-refractivity contribution is -0.129. The summed E-state index contributed by atoms with van der Waals surface area (Å²) in [4.78, 5) is 27.7. The number of phenolic OH excluding ortho intramolecular Hbond substituents is 1. The summed E-state index contributed by atoms with van der Waals surface area (Å²) >= 11 is 9.48. The summed E-state index contributed by atoms with van der Waals surface area (Å²) in [6, 6.07) is 10.6. The number of rotatable bonds is 6.